The molecule has 5 nitrogen and oxygen atoms in total. The third-order valence-electron chi connectivity index (χ3n) is 3.95. The van der Waals surface area contributed by atoms with Crippen molar-refractivity contribution in [2.45, 2.75) is 26.2 Å². The molecule has 2 heterocycles. The summed E-state index contributed by atoms with van der Waals surface area (Å²) in [5, 5.41) is 3.38. The van der Waals surface area contributed by atoms with Crippen LogP contribution in [0.2, 0.25) is 0 Å². The van der Waals surface area contributed by atoms with Crippen LogP contribution in [0.3, 0.4) is 0 Å². The zero-order chi connectivity index (χ0) is 13.0. The number of amides is 2. The number of rotatable bonds is 4. The Kier molecular flexibility index (Phi) is 4.58. The van der Waals surface area contributed by atoms with Crippen LogP contribution in [0.4, 0.5) is 0 Å². The average Bonchev–Trinajstić information content (AvgIpc) is 2.40. The summed E-state index contributed by atoms with van der Waals surface area (Å²) < 4.78 is 0. The van der Waals surface area contributed by atoms with Crippen molar-refractivity contribution in [1.29, 1.82) is 0 Å². The van der Waals surface area contributed by atoms with E-state index in [1.165, 1.54) is 12.8 Å². The maximum atomic E-state index is 11.9. The van der Waals surface area contributed by atoms with E-state index in [0.717, 1.165) is 26.1 Å². The molecule has 1 atom stereocenters. The molecule has 1 unspecified atom stereocenters. The fraction of sp³-hybridized carbons (Fsp3) is 0.846. The molecule has 0 aliphatic carbocycles. The monoisotopic (exact) mass is 253 g/mol. The van der Waals surface area contributed by atoms with Crippen LogP contribution < -0.4 is 5.32 Å². The summed E-state index contributed by atoms with van der Waals surface area (Å²) >= 11 is 0. The Hall–Kier alpha value is -1.10. The van der Waals surface area contributed by atoms with Crippen LogP contribution in [0.1, 0.15) is 26.2 Å². The summed E-state index contributed by atoms with van der Waals surface area (Å²) in [4.78, 5) is 27.0. The normalized spacial score (nSPS) is 25.7. The number of piperazine rings is 1. The molecular weight excluding hydrogens is 230 g/mol. The molecule has 0 bridgehead atoms. The molecule has 0 aromatic carbocycles. The van der Waals surface area contributed by atoms with Crippen molar-refractivity contribution in [2.24, 2.45) is 5.92 Å². The van der Waals surface area contributed by atoms with Crippen molar-refractivity contribution < 1.29 is 9.59 Å². The zero-order valence-corrected chi connectivity index (χ0v) is 11.2. The molecule has 0 aromatic rings. The lowest BCUT2D eigenvalue weighted by Gasteiger charge is -2.34. The van der Waals surface area contributed by atoms with Gasteiger partial charge in [-0.3, -0.25) is 9.59 Å². The quantitative estimate of drug-likeness (QED) is 0.771. The molecule has 1 N–H and O–H groups in total. The first-order chi connectivity index (χ1) is 8.70. The molecule has 18 heavy (non-hydrogen) atoms. The van der Waals surface area contributed by atoms with E-state index in [1.54, 1.807) is 9.80 Å². The number of nitrogens with one attached hydrogen (secondary N) is 1. The number of hydrogen-bond donors (Lipinski definition) is 1. The van der Waals surface area contributed by atoms with Gasteiger partial charge in [0.2, 0.25) is 11.8 Å². The van der Waals surface area contributed by atoms with Gasteiger partial charge >= 0.3 is 0 Å². The molecule has 2 fully saturated rings. The summed E-state index contributed by atoms with van der Waals surface area (Å²) in [5.74, 6) is 0.838. The minimum Gasteiger partial charge on any atom is -0.332 e. The van der Waals surface area contributed by atoms with Crippen molar-refractivity contribution in [3.05, 3.63) is 0 Å². The number of piperidine rings is 1. The average molecular weight is 253 g/mol. The molecule has 0 saturated carbocycles. The maximum Gasteiger partial charge on any atom is 0.242 e. The van der Waals surface area contributed by atoms with Gasteiger partial charge in [-0.2, -0.15) is 0 Å². The minimum atomic E-state index is 0.0823. The van der Waals surface area contributed by atoms with Crippen LogP contribution in [0.15, 0.2) is 0 Å². The molecule has 5 heteroatoms. The van der Waals surface area contributed by atoms with E-state index in [-0.39, 0.29) is 24.9 Å². The Morgan fingerprint density at radius 1 is 1.22 bits per heavy atom. The molecule has 2 aliphatic rings. The number of nitrogens with zero attached hydrogens (tertiary/aromatic N) is 2. The van der Waals surface area contributed by atoms with Gasteiger partial charge in [-0.05, 0) is 45.2 Å². The SMILES string of the molecule is CCN1CC(=O)N(CCC2CCCNC2)CC1=O. The third-order valence-corrected chi connectivity index (χ3v) is 3.95. The Balaban J connectivity index is 1.78. The topological polar surface area (TPSA) is 52.7 Å². The van der Waals surface area contributed by atoms with E-state index in [9.17, 15) is 9.59 Å². The maximum absolute atomic E-state index is 11.9. The van der Waals surface area contributed by atoms with Gasteiger partial charge in [0, 0.05) is 13.1 Å². The summed E-state index contributed by atoms with van der Waals surface area (Å²) in [6.07, 6.45) is 3.48. The second-order valence-corrected chi connectivity index (χ2v) is 5.22. The first-order valence-corrected chi connectivity index (χ1v) is 6.97. The molecular formula is C13H23N3O2. The third kappa shape index (κ3) is 3.22. The summed E-state index contributed by atoms with van der Waals surface area (Å²) in [7, 11) is 0. The molecule has 0 radical (unpaired) electrons. The Bertz CT molecular complexity index is 313. The highest BCUT2D eigenvalue weighted by Gasteiger charge is 2.29. The zero-order valence-electron chi connectivity index (χ0n) is 11.2. The lowest BCUT2D eigenvalue weighted by atomic mass is 9.96. The predicted molar refractivity (Wildman–Crippen MR) is 69.0 cm³/mol. The van der Waals surface area contributed by atoms with Gasteiger partial charge in [-0.15, -0.1) is 0 Å². The van der Waals surface area contributed by atoms with Crippen LogP contribution in [0, 0.1) is 5.92 Å². The second kappa shape index (κ2) is 6.18. The van der Waals surface area contributed by atoms with Gasteiger partial charge in [0.15, 0.2) is 0 Å². The van der Waals surface area contributed by atoms with Gasteiger partial charge in [0.25, 0.3) is 0 Å². The number of carbonyl (C=O) groups is 2. The second-order valence-electron chi connectivity index (χ2n) is 5.22. The molecule has 102 valence electrons. The van der Waals surface area contributed by atoms with Gasteiger partial charge < -0.3 is 15.1 Å². The first-order valence-electron chi connectivity index (χ1n) is 6.97. The Labute approximate surface area is 108 Å². The summed E-state index contributed by atoms with van der Waals surface area (Å²) in [6.45, 7) is 5.97. The summed E-state index contributed by atoms with van der Waals surface area (Å²) in [6, 6.07) is 0. The van der Waals surface area contributed by atoms with Crippen molar-refractivity contribution in [3.8, 4) is 0 Å². The number of carbonyl (C=O) groups excluding carboxylic acids is 2. The van der Waals surface area contributed by atoms with Crippen molar-refractivity contribution in [1.82, 2.24) is 15.1 Å². The fourth-order valence-electron chi connectivity index (χ4n) is 2.70. The highest BCUT2D eigenvalue weighted by atomic mass is 16.2. The van der Waals surface area contributed by atoms with Crippen LogP contribution in [-0.2, 0) is 9.59 Å². The fourth-order valence-corrected chi connectivity index (χ4v) is 2.70. The van der Waals surface area contributed by atoms with Crippen molar-refractivity contribution >= 4 is 11.8 Å². The molecule has 2 saturated heterocycles. The van der Waals surface area contributed by atoms with Crippen molar-refractivity contribution in [2.75, 3.05) is 39.3 Å². The lowest BCUT2D eigenvalue weighted by Crippen LogP contribution is -2.54. The van der Waals surface area contributed by atoms with E-state index < -0.39 is 0 Å². The Morgan fingerprint density at radius 3 is 2.61 bits per heavy atom. The lowest BCUT2D eigenvalue weighted by molar-refractivity contribution is -0.150. The van der Waals surface area contributed by atoms with Crippen LogP contribution >= 0.6 is 0 Å². The first kappa shape index (κ1) is 13.3. The summed E-state index contributed by atoms with van der Waals surface area (Å²) in [5.41, 5.74) is 0. The van der Waals surface area contributed by atoms with Gasteiger partial charge in [-0.25, -0.2) is 0 Å². The van der Waals surface area contributed by atoms with Crippen LogP contribution in [-0.4, -0.2) is 60.9 Å². The number of hydrogen-bond acceptors (Lipinski definition) is 3. The molecule has 0 aromatic heterocycles. The van der Waals surface area contributed by atoms with E-state index in [0.29, 0.717) is 12.5 Å². The Morgan fingerprint density at radius 2 is 1.94 bits per heavy atom. The van der Waals surface area contributed by atoms with Crippen LogP contribution in [0.5, 0.6) is 0 Å². The molecule has 0 spiro atoms. The standard InChI is InChI=1S/C13H23N3O2/c1-2-15-9-13(18)16(10-12(15)17)7-5-11-4-3-6-14-8-11/h11,14H,2-10H2,1H3. The van der Waals surface area contributed by atoms with Gasteiger partial charge in [0.1, 0.15) is 0 Å². The largest absolute Gasteiger partial charge is 0.332 e. The van der Waals surface area contributed by atoms with E-state index in [2.05, 4.69) is 5.32 Å². The minimum absolute atomic E-state index is 0.0823. The molecule has 2 rings (SSSR count). The highest BCUT2D eigenvalue weighted by molar-refractivity contribution is 5.92. The molecule has 2 aliphatic heterocycles. The van der Waals surface area contributed by atoms with Crippen LogP contribution in [0.25, 0.3) is 0 Å². The van der Waals surface area contributed by atoms with E-state index >= 15 is 0 Å². The van der Waals surface area contributed by atoms with E-state index in [4.69, 9.17) is 0 Å². The highest BCUT2D eigenvalue weighted by Crippen LogP contribution is 2.15. The van der Waals surface area contributed by atoms with Gasteiger partial charge in [0.05, 0.1) is 13.1 Å². The molecule has 2 amide bonds. The predicted octanol–water partition coefficient (Wildman–Crippen LogP) is 0.0668. The smallest absolute Gasteiger partial charge is 0.242 e. The van der Waals surface area contributed by atoms with E-state index in [1.807, 2.05) is 6.92 Å². The van der Waals surface area contributed by atoms with Crippen molar-refractivity contribution in [3.63, 3.8) is 0 Å². The van der Waals surface area contributed by atoms with Gasteiger partial charge in [-0.1, -0.05) is 0 Å². The number of likely N-dealkylation sites (N-methyl/N-ethyl adjacent to an activating group) is 1.